The molecule has 2 aromatic rings. The number of carbonyl (C=O) groups excluding carboxylic acids is 1. The van der Waals surface area contributed by atoms with E-state index in [9.17, 15) is 4.79 Å². The zero-order valence-corrected chi connectivity index (χ0v) is 13.2. The van der Waals surface area contributed by atoms with Gasteiger partial charge in [-0.3, -0.25) is 4.79 Å². The average Bonchev–Trinajstić information content (AvgIpc) is 2.97. The molecule has 2 heterocycles. The number of aromatic nitrogens is 1. The van der Waals surface area contributed by atoms with E-state index in [0.29, 0.717) is 42.6 Å². The zero-order chi connectivity index (χ0) is 15.5. The molecule has 3 rings (SSSR count). The van der Waals surface area contributed by atoms with Crippen LogP contribution in [0.15, 0.2) is 17.5 Å². The second-order valence-corrected chi connectivity index (χ2v) is 5.71. The molecule has 0 aliphatic carbocycles. The monoisotopic (exact) mass is 320 g/mol. The number of aryl methyl sites for hydroxylation is 1. The number of fused-ring (bicyclic) bond motifs is 1. The molecular formula is C15H16N2O4S. The van der Waals surface area contributed by atoms with Crippen molar-refractivity contribution < 1.29 is 19.0 Å². The summed E-state index contributed by atoms with van der Waals surface area (Å²) in [4.78, 5) is 16.6. The van der Waals surface area contributed by atoms with Crippen LogP contribution in [0, 0.1) is 6.92 Å². The summed E-state index contributed by atoms with van der Waals surface area (Å²) >= 11 is 1.52. The lowest BCUT2D eigenvalue weighted by Crippen LogP contribution is -2.23. The van der Waals surface area contributed by atoms with Gasteiger partial charge >= 0.3 is 0 Å². The maximum Gasteiger partial charge on any atom is 0.251 e. The fraction of sp³-hybridized carbons (Fsp3) is 0.333. The number of nitrogens with zero attached hydrogens (tertiary/aromatic N) is 1. The first-order chi connectivity index (χ1) is 10.7. The Morgan fingerprint density at radius 1 is 1.41 bits per heavy atom. The van der Waals surface area contributed by atoms with Crippen molar-refractivity contribution in [2.24, 2.45) is 0 Å². The second kappa shape index (κ2) is 6.23. The number of hydrogen-bond donors (Lipinski definition) is 1. The van der Waals surface area contributed by atoms with Crippen LogP contribution in [0.2, 0.25) is 0 Å². The summed E-state index contributed by atoms with van der Waals surface area (Å²) < 4.78 is 16.3. The Hall–Kier alpha value is -2.28. The molecule has 1 amide bonds. The minimum absolute atomic E-state index is 0.205. The van der Waals surface area contributed by atoms with Gasteiger partial charge < -0.3 is 19.5 Å². The van der Waals surface area contributed by atoms with Crippen LogP contribution in [-0.2, 0) is 6.54 Å². The molecule has 6 nitrogen and oxygen atoms in total. The predicted molar refractivity (Wildman–Crippen MR) is 82.0 cm³/mol. The van der Waals surface area contributed by atoms with Crippen LogP contribution >= 0.6 is 11.3 Å². The van der Waals surface area contributed by atoms with Crippen LogP contribution in [0.5, 0.6) is 17.2 Å². The van der Waals surface area contributed by atoms with E-state index in [-0.39, 0.29) is 5.91 Å². The van der Waals surface area contributed by atoms with Crippen molar-refractivity contribution in [2.45, 2.75) is 13.5 Å². The highest BCUT2D eigenvalue weighted by Gasteiger charge is 2.20. The van der Waals surface area contributed by atoms with Crippen molar-refractivity contribution in [1.29, 1.82) is 0 Å². The van der Waals surface area contributed by atoms with Crippen LogP contribution in [0.1, 0.15) is 21.1 Å². The summed E-state index contributed by atoms with van der Waals surface area (Å²) in [6.45, 7) is 3.25. The first kappa shape index (κ1) is 14.6. The van der Waals surface area contributed by atoms with Crippen molar-refractivity contribution >= 4 is 17.2 Å². The number of amides is 1. The summed E-state index contributed by atoms with van der Waals surface area (Å²) in [5, 5.41) is 5.67. The van der Waals surface area contributed by atoms with Crippen LogP contribution < -0.4 is 19.5 Å². The molecule has 1 aliphatic rings. The van der Waals surface area contributed by atoms with E-state index in [4.69, 9.17) is 14.2 Å². The van der Waals surface area contributed by atoms with Gasteiger partial charge in [0, 0.05) is 16.6 Å². The molecule has 116 valence electrons. The maximum atomic E-state index is 12.3. The molecule has 0 atom stereocenters. The third-order valence-electron chi connectivity index (χ3n) is 3.16. The van der Waals surface area contributed by atoms with Gasteiger partial charge in [-0.25, -0.2) is 4.98 Å². The third kappa shape index (κ3) is 2.99. The van der Waals surface area contributed by atoms with E-state index in [0.717, 1.165) is 10.7 Å². The molecule has 1 N–H and O–H groups in total. The summed E-state index contributed by atoms with van der Waals surface area (Å²) in [5.74, 6) is 1.36. The van der Waals surface area contributed by atoms with Crippen molar-refractivity contribution in [3.8, 4) is 17.2 Å². The Morgan fingerprint density at radius 2 is 2.23 bits per heavy atom. The average molecular weight is 320 g/mol. The van der Waals surface area contributed by atoms with Crippen LogP contribution in [-0.4, -0.2) is 31.2 Å². The molecule has 1 aromatic carbocycles. The van der Waals surface area contributed by atoms with E-state index in [1.54, 1.807) is 12.1 Å². The molecule has 22 heavy (non-hydrogen) atoms. The Balaban J connectivity index is 1.77. The first-order valence-corrected chi connectivity index (χ1v) is 7.72. The van der Waals surface area contributed by atoms with Crippen molar-refractivity contribution in [3.05, 3.63) is 33.8 Å². The van der Waals surface area contributed by atoms with Gasteiger partial charge in [-0.15, -0.1) is 11.3 Å². The van der Waals surface area contributed by atoms with E-state index < -0.39 is 0 Å². The number of methoxy groups -OCH3 is 1. The topological polar surface area (TPSA) is 69.7 Å². The van der Waals surface area contributed by atoms with Crippen molar-refractivity contribution in [3.63, 3.8) is 0 Å². The van der Waals surface area contributed by atoms with Crippen LogP contribution in [0.4, 0.5) is 0 Å². The van der Waals surface area contributed by atoms with E-state index in [1.807, 2.05) is 12.3 Å². The summed E-state index contributed by atoms with van der Waals surface area (Å²) in [7, 11) is 1.54. The summed E-state index contributed by atoms with van der Waals surface area (Å²) in [6, 6.07) is 3.31. The predicted octanol–water partition coefficient (Wildman–Crippen LogP) is 2.16. The van der Waals surface area contributed by atoms with Gasteiger partial charge in [-0.05, 0) is 19.1 Å². The highest BCUT2D eigenvalue weighted by atomic mass is 32.1. The Kier molecular flexibility index (Phi) is 4.15. The van der Waals surface area contributed by atoms with Gasteiger partial charge in [0.15, 0.2) is 11.5 Å². The SMILES string of the molecule is COc1cc(C(=O)NCc2nc(C)cs2)cc2c1OCCO2. The van der Waals surface area contributed by atoms with Gasteiger partial charge in [0.25, 0.3) is 5.91 Å². The number of ether oxygens (including phenoxy) is 3. The van der Waals surface area contributed by atoms with E-state index >= 15 is 0 Å². The minimum atomic E-state index is -0.205. The lowest BCUT2D eigenvalue weighted by molar-refractivity contribution is 0.0949. The highest BCUT2D eigenvalue weighted by molar-refractivity contribution is 7.09. The standard InChI is InChI=1S/C15H16N2O4S/c1-9-8-22-13(17-9)7-16-15(18)10-5-11(19-2)14-12(6-10)20-3-4-21-14/h5-6,8H,3-4,7H2,1-2H3,(H,16,18). The largest absolute Gasteiger partial charge is 0.493 e. The number of carbonyl (C=O) groups is 1. The number of hydrogen-bond acceptors (Lipinski definition) is 6. The van der Waals surface area contributed by atoms with Gasteiger partial charge in [0.1, 0.15) is 18.2 Å². The Labute approximate surface area is 132 Å². The summed E-state index contributed by atoms with van der Waals surface area (Å²) in [6.07, 6.45) is 0. The minimum Gasteiger partial charge on any atom is -0.493 e. The highest BCUT2D eigenvalue weighted by Crippen LogP contribution is 2.40. The zero-order valence-electron chi connectivity index (χ0n) is 12.3. The van der Waals surface area contributed by atoms with E-state index in [2.05, 4.69) is 10.3 Å². The van der Waals surface area contributed by atoms with Crippen LogP contribution in [0.25, 0.3) is 0 Å². The molecule has 0 unspecified atom stereocenters. The molecule has 0 bridgehead atoms. The van der Waals surface area contributed by atoms with Gasteiger partial charge in [-0.2, -0.15) is 0 Å². The molecule has 7 heteroatoms. The summed E-state index contributed by atoms with van der Waals surface area (Å²) in [5.41, 5.74) is 1.42. The quantitative estimate of drug-likeness (QED) is 0.935. The van der Waals surface area contributed by atoms with Gasteiger partial charge in [0.05, 0.1) is 13.7 Å². The fourth-order valence-electron chi connectivity index (χ4n) is 2.15. The molecule has 0 spiro atoms. The smallest absolute Gasteiger partial charge is 0.251 e. The lowest BCUT2D eigenvalue weighted by Gasteiger charge is -2.21. The molecule has 0 radical (unpaired) electrons. The normalized spacial score (nSPS) is 12.8. The number of nitrogens with one attached hydrogen (secondary N) is 1. The Bertz CT molecular complexity index is 682. The van der Waals surface area contributed by atoms with Crippen molar-refractivity contribution in [1.82, 2.24) is 10.3 Å². The fourth-order valence-corrected chi connectivity index (χ4v) is 2.86. The molecule has 0 saturated heterocycles. The first-order valence-electron chi connectivity index (χ1n) is 6.84. The second-order valence-electron chi connectivity index (χ2n) is 4.77. The molecule has 1 aliphatic heterocycles. The number of thiazole rings is 1. The number of benzene rings is 1. The number of rotatable bonds is 4. The lowest BCUT2D eigenvalue weighted by atomic mass is 10.1. The van der Waals surface area contributed by atoms with Crippen LogP contribution in [0.3, 0.4) is 0 Å². The van der Waals surface area contributed by atoms with Crippen molar-refractivity contribution in [2.75, 3.05) is 20.3 Å². The van der Waals surface area contributed by atoms with Gasteiger partial charge in [0.2, 0.25) is 5.75 Å². The van der Waals surface area contributed by atoms with E-state index in [1.165, 1.54) is 18.4 Å². The Morgan fingerprint density at radius 3 is 2.95 bits per heavy atom. The molecule has 0 saturated carbocycles. The molecular weight excluding hydrogens is 304 g/mol. The molecule has 0 fully saturated rings. The molecule has 1 aromatic heterocycles. The maximum absolute atomic E-state index is 12.3. The third-order valence-corrected chi connectivity index (χ3v) is 4.12. The van der Waals surface area contributed by atoms with Gasteiger partial charge in [-0.1, -0.05) is 0 Å².